The fourth-order valence-electron chi connectivity index (χ4n) is 2.77. The van der Waals surface area contributed by atoms with Crippen molar-refractivity contribution >= 4 is 5.69 Å². The number of benzene rings is 1. The monoisotopic (exact) mass is 271 g/mol. The minimum absolute atomic E-state index is 0.366. The number of fused-ring (bicyclic) bond motifs is 1. The molecule has 2 aliphatic rings. The summed E-state index contributed by atoms with van der Waals surface area (Å²) in [6, 6.07) is 7.98. The Bertz CT molecular complexity index is 621. The topological polar surface area (TPSA) is 62.4 Å². The zero-order chi connectivity index (χ0) is 13.5. The molecule has 20 heavy (non-hydrogen) atoms. The van der Waals surface area contributed by atoms with Crippen molar-refractivity contribution in [3.8, 4) is 0 Å². The highest BCUT2D eigenvalue weighted by Crippen LogP contribution is 2.39. The zero-order valence-electron chi connectivity index (χ0n) is 11.2. The minimum Gasteiger partial charge on any atom is -0.388 e. The summed E-state index contributed by atoms with van der Waals surface area (Å²) in [6.07, 6.45) is 2.71. The quantitative estimate of drug-likeness (QED) is 0.928. The molecule has 1 fully saturated rings. The van der Waals surface area contributed by atoms with Crippen LogP contribution in [0.2, 0.25) is 0 Å². The fraction of sp³-hybridized carbons (Fsp3) is 0.467. The molecule has 1 N–H and O–H groups in total. The molecule has 2 heterocycles. The van der Waals surface area contributed by atoms with E-state index in [9.17, 15) is 5.11 Å². The van der Waals surface area contributed by atoms with Gasteiger partial charge in [-0.15, -0.1) is 0 Å². The number of para-hydroxylation sites is 1. The van der Waals surface area contributed by atoms with Gasteiger partial charge in [0.25, 0.3) is 0 Å². The van der Waals surface area contributed by atoms with Gasteiger partial charge in [0.2, 0.25) is 5.89 Å². The molecule has 104 valence electrons. The molecular weight excluding hydrogens is 254 g/mol. The fourth-order valence-corrected chi connectivity index (χ4v) is 2.77. The predicted molar refractivity (Wildman–Crippen MR) is 73.3 cm³/mol. The van der Waals surface area contributed by atoms with Gasteiger partial charge in [0.1, 0.15) is 0 Å². The van der Waals surface area contributed by atoms with E-state index >= 15 is 0 Å². The van der Waals surface area contributed by atoms with Crippen molar-refractivity contribution in [3.63, 3.8) is 0 Å². The lowest BCUT2D eigenvalue weighted by Gasteiger charge is -2.32. The van der Waals surface area contributed by atoms with Crippen molar-refractivity contribution in [3.05, 3.63) is 41.5 Å². The summed E-state index contributed by atoms with van der Waals surface area (Å²) in [5.74, 6) is 2.01. The molecule has 0 bridgehead atoms. The van der Waals surface area contributed by atoms with Crippen molar-refractivity contribution in [2.45, 2.75) is 37.8 Å². The van der Waals surface area contributed by atoms with Gasteiger partial charge in [0, 0.05) is 23.7 Å². The van der Waals surface area contributed by atoms with Crippen LogP contribution in [0.5, 0.6) is 0 Å². The van der Waals surface area contributed by atoms with Crippen LogP contribution in [0.4, 0.5) is 5.69 Å². The maximum Gasteiger partial charge on any atom is 0.229 e. The number of hydrogen-bond donors (Lipinski definition) is 1. The Kier molecular flexibility index (Phi) is 2.73. The maximum atomic E-state index is 10.1. The number of anilines is 1. The molecule has 1 atom stereocenters. The third-order valence-corrected chi connectivity index (χ3v) is 4.05. The van der Waals surface area contributed by atoms with Crippen molar-refractivity contribution < 1.29 is 9.63 Å². The normalized spacial score (nSPS) is 21.9. The molecule has 0 saturated heterocycles. The Hall–Kier alpha value is -1.88. The standard InChI is InChI=1S/C15H17N3O2/c19-13-7-8-18(12-4-2-1-3-11(12)13)9-14-16-15(20-17-14)10-5-6-10/h1-4,10,13,19H,5-9H2. The SMILES string of the molecule is OC1CCN(Cc2noc(C3CC3)n2)c2ccccc21. The van der Waals surface area contributed by atoms with Gasteiger partial charge in [0.15, 0.2) is 5.82 Å². The molecule has 1 aliphatic heterocycles. The Labute approximate surface area is 117 Å². The summed E-state index contributed by atoms with van der Waals surface area (Å²) < 4.78 is 5.30. The Morgan fingerprint density at radius 2 is 2.10 bits per heavy atom. The van der Waals surface area contributed by atoms with Crippen molar-refractivity contribution in [2.75, 3.05) is 11.4 Å². The van der Waals surface area contributed by atoms with Crippen LogP contribution in [-0.4, -0.2) is 21.8 Å². The van der Waals surface area contributed by atoms with Gasteiger partial charge in [-0.25, -0.2) is 0 Å². The molecule has 5 heteroatoms. The smallest absolute Gasteiger partial charge is 0.229 e. The lowest BCUT2D eigenvalue weighted by Crippen LogP contribution is -2.31. The summed E-state index contributed by atoms with van der Waals surface area (Å²) in [5.41, 5.74) is 2.06. The van der Waals surface area contributed by atoms with Gasteiger partial charge >= 0.3 is 0 Å². The van der Waals surface area contributed by atoms with E-state index in [0.717, 1.165) is 35.9 Å². The maximum absolute atomic E-state index is 10.1. The first-order valence-electron chi connectivity index (χ1n) is 7.15. The summed E-state index contributed by atoms with van der Waals surface area (Å²) in [6.45, 7) is 1.45. The molecule has 1 unspecified atom stereocenters. The Balaban J connectivity index is 1.57. The average molecular weight is 271 g/mol. The number of aliphatic hydroxyl groups excluding tert-OH is 1. The van der Waals surface area contributed by atoms with Gasteiger partial charge in [-0.1, -0.05) is 23.4 Å². The van der Waals surface area contributed by atoms with E-state index in [1.165, 1.54) is 12.8 Å². The predicted octanol–water partition coefficient (Wildman–Crippen LogP) is 2.39. The Morgan fingerprint density at radius 1 is 1.25 bits per heavy atom. The van der Waals surface area contributed by atoms with Crippen LogP contribution < -0.4 is 4.90 Å². The van der Waals surface area contributed by atoms with E-state index in [4.69, 9.17) is 4.52 Å². The largest absolute Gasteiger partial charge is 0.388 e. The molecule has 0 radical (unpaired) electrons. The van der Waals surface area contributed by atoms with Gasteiger partial charge in [-0.3, -0.25) is 0 Å². The van der Waals surface area contributed by atoms with Crippen LogP contribution in [0.1, 0.15) is 48.6 Å². The molecular formula is C15H17N3O2. The molecule has 1 aliphatic carbocycles. The van der Waals surface area contributed by atoms with E-state index < -0.39 is 0 Å². The second-order valence-electron chi connectivity index (χ2n) is 5.61. The number of rotatable bonds is 3. The van der Waals surface area contributed by atoms with E-state index in [0.29, 0.717) is 12.5 Å². The van der Waals surface area contributed by atoms with Crippen LogP contribution in [0.25, 0.3) is 0 Å². The first-order chi connectivity index (χ1) is 9.81. The van der Waals surface area contributed by atoms with E-state index in [1.807, 2.05) is 24.3 Å². The number of hydrogen-bond acceptors (Lipinski definition) is 5. The van der Waals surface area contributed by atoms with Gasteiger partial charge < -0.3 is 14.5 Å². The summed E-state index contributed by atoms with van der Waals surface area (Å²) >= 11 is 0. The highest BCUT2D eigenvalue weighted by molar-refractivity contribution is 5.56. The molecule has 4 rings (SSSR count). The lowest BCUT2D eigenvalue weighted by molar-refractivity contribution is 0.164. The minimum atomic E-state index is -0.366. The first kappa shape index (κ1) is 11.9. The summed E-state index contributed by atoms with van der Waals surface area (Å²) in [5, 5.41) is 14.1. The van der Waals surface area contributed by atoms with Gasteiger partial charge in [0.05, 0.1) is 12.6 Å². The van der Waals surface area contributed by atoms with Crippen LogP contribution in [0, 0.1) is 0 Å². The summed E-state index contributed by atoms with van der Waals surface area (Å²) in [4.78, 5) is 6.69. The molecule has 1 aromatic heterocycles. The first-order valence-corrected chi connectivity index (χ1v) is 7.15. The van der Waals surface area contributed by atoms with Crippen LogP contribution in [0.3, 0.4) is 0 Å². The van der Waals surface area contributed by atoms with Crippen molar-refractivity contribution in [2.24, 2.45) is 0 Å². The van der Waals surface area contributed by atoms with Crippen molar-refractivity contribution in [1.29, 1.82) is 0 Å². The third kappa shape index (κ3) is 2.08. The van der Waals surface area contributed by atoms with Crippen LogP contribution >= 0.6 is 0 Å². The second kappa shape index (κ2) is 4.59. The van der Waals surface area contributed by atoms with E-state index in [-0.39, 0.29) is 6.10 Å². The molecule has 0 amide bonds. The molecule has 0 spiro atoms. The van der Waals surface area contributed by atoms with Crippen LogP contribution in [0.15, 0.2) is 28.8 Å². The number of aromatic nitrogens is 2. The molecule has 1 saturated carbocycles. The highest BCUT2D eigenvalue weighted by atomic mass is 16.5. The van der Waals surface area contributed by atoms with E-state index in [1.54, 1.807) is 0 Å². The average Bonchev–Trinajstić information content (AvgIpc) is 3.23. The second-order valence-corrected chi connectivity index (χ2v) is 5.61. The van der Waals surface area contributed by atoms with E-state index in [2.05, 4.69) is 15.0 Å². The molecule has 5 nitrogen and oxygen atoms in total. The molecule has 1 aromatic carbocycles. The lowest BCUT2D eigenvalue weighted by atomic mass is 9.99. The van der Waals surface area contributed by atoms with Gasteiger partial charge in [-0.2, -0.15) is 4.98 Å². The number of nitrogens with zero attached hydrogens (tertiary/aromatic N) is 3. The highest BCUT2D eigenvalue weighted by Gasteiger charge is 2.30. The third-order valence-electron chi connectivity index (χ3n) is 4.05. The molecule has 2 aromatic rings. The van der Waals surface area contributed by atoms with Crippen molar-refractivity contribution in [1.82, 2.24) is 10.1 Å². The Morgan fingerprint density at radius 3 is 2.95 bits per heavy atom. The summed E-state index contributed by atoms with van der Waals surface area (Å²) in [7, 11) is 0. The number of aliphatic hydroxyl groups is 1. The van der Waals surface area contributed by atoms with Gasteiger partial charge in [-0.05, 0) is 25.3 Å². The van der Waals surface area contributed by atoms with Crippen LogP contribution in [-0.2, 0) is 6.54 Å². The zero-order valence-corrected chi connectivity index (χ0v) is 11.2.